The minimum absolute atomic E-state index is 0.0916. The van der Waals surface area contributed by atoms with Crippen LogP contribution in [0.1, 0.15) is 18.6 Å². The average molecular weight is 396 g/mol. The second-order valence-corrected chi connectivity index (χ2v) is 8.08. The van der Waals surface area contributed by atoms with Crippen molar-refractivity contribution in [3.8, 4) is 0 Å². The van der Waals surface area contributed by atoms with Crippen LogP contribution in [0.5, 0.6) is 0 Å². The molecule has 1 aliphatic heterocycles. The van der Waals surface area contributed by atoms with Gasteiger partial charge in [-0.15, -0.1) is 0 Å². The Bertz CT molecular complexity index is 831. The number of thiocarbonyl (C=S) groups is 1. The van der Waals surface area contributed by atoms with Crippen LogP contribution in [0, 0.1) is 0 Å². The van der Waals surface area contributed by atoms with Gasteiger partial charge in [0.05, 0.1) is 23.8 Å². The topological polar surface area (TPSA) is 92.6 Å². The van der Waals surface area contributed by atoms with E-state index in [1.165, 1.54) is 18.4 Å². The molecule has 0 unspecified atom stereocenters. The summed E-state index contributed by atoms with van der Waals surface area (Å²) < 4.78 is 38.0. The molecule has 2 heterocycles. The monoisotopic (exact) mass is 395 g/mol. The number of ether oxygens (including phenoxy) is 1. The number of anilines is 1. The number of rotatable bonds is 7. The van der Waals surface area contributed by atoms with Gasteiger partial charge in [-0.3, -0.25) is 0 Å². The number of hydrogen-bond acceptors (Lipinski definition) is 5. The van der Waals surface area contributed by atoms with Crippen LogP contribution in [-0.4, -0.2) is 32.8 Å². The first-order chi connectivity index (χ1) is 12.5. The first-order valence-corrected chi connectivity index (χ1v) is 10.2. The second-order valence-electron chi connectivity index (χ2n) is 5.90. The van der Waals surface area contributed by atoms with E-state index in [4.69, 9.17) is 21.4 Å². The van der Waals surface area contributed by atoms with E-state index >= 15 is 0 Å². The Morgan fingerprint density at radius 2 is 2.15 bits per heavy atom. The summed E-state index contributed by atoms with van der Waals surface area (Å²) in [5, 5.41) is 6.52. The van der Waals surface area contributed by atoms with E-state index in [-0.39, 0.29) is 17.5 Å². The number of sulfonamides is 1. The molecule has 7 nitrogen and oxygen atoms in total. The fourth-order valence-corrected chi connectivity index (χ4v) is 3.83. The average Bonchev–Trinajstić information content (AvgIpc) is 3.32. The summed E-state index contributed by atoms with van der Waals surface area (Å²) in [5.41, 5.74) is 0.593. The Hall–Kier alpha value is -1.94. The first-order valence-electron chi connectivity index (χ1n) is 8.31. The Morgan fingerprint density at radius 1 is 1.27 bits per heavy atom. The zero-order chi connectivity index (χ0) is 18.4. The van der Waals surface area contributed by atoms with Crippen molar-refractivity contribution in [2.75, 3.05) is 18.5 Å². The first kappa shape index (κ1) is 18.8. The highest BCUT2D eigenvalue weighted by atomic mass is 32.2. The van der Waals surface area contributed by atoms with Crippen LogP contribution in [-0.2, 0) is 21.3 Å². The molecule has 1 atom stereocenters. The minimum Gasteiger partial charge on any atom is -0.468 e. The molecule has 26 heavy (non-hydrogen) atoms. The minimum atomic E-state index is -3.65. The lowest BCUT2D eigenvalue weighted by molar-refractivity contribution is 0.114. The van der Waals surface area contributed by atoms with E-state index in [0.29, 0.717) is 23.1 Å². The Balaban J connectivity index is 1.57. The van der Waals surface area contributed by atoms with Crippen molar-refractivity contribution < 1.29 is 17.6 Å². The Kier molecular flexibility index (Phi) is 6.25. The van der Waals surface area contributed by atoms with Gasteiger partial charge in [-0.2, -0.15) is 0 Å². The number of nitrogens with one attached hydrogen (secondary N) is 3. The molecule has 1 saturated heterocycles. The predicted molar refractivity (Wildman–Crippen MR) is 102 cm³/mol. The van der Waals surface area contributed by atoms with Crippen LogP contribution in [0.25, 0.3) is 0 Å². The molecule has 1 aliphatic rings. The molecule has 0 amide bonds. The zero-order valence-electron chi connectivity index (χ0n) is 14.1. The smallest absolute Gasteiger partial charge is 0.241 e. The van der Waals surface area contributed by atoms with Gasteiger partial charge < -0.3 is 19.8 Å². The summed E-state index contributed by atoms with van der Waals surface area (Å²) in [6, 6.07) is 9.89. The van der Waals surface area contributed by atoms with E-state index in [9.17, 15) is 8.42 Å². The molecule has 1 aromatic carbocycles. The summed E-state index contributed by atoms with van der Waals surface area (Å²) >= 11 is 5.26. The predicted octanol–water partition coefficient (Wildman–Crippen LogP) is 2.22. The highest BCUT2D eigenvalue weighted by molar-refractivity contribution is 7.89. The quantitative estimate of drug-likeness (QED) is 0.619. The van der Waals surface area contributed by atoms with Crippen molar-refractivity contribution in [3.05, 3.63) is 48.4 Å². The third-order valence-corrected chi connectivity index (χ3v) is 5.58. The number of furan rings is 1. The van der Waals surface area contributed by atoms with Crippen molar-refractivity contribution >= 4 is 33.0 Å². The van der Waals surface area contributed by atoms with Gasteiger partial charge in [-0.25, -0.2) is 13.1 Å². The van der Waals surface area contributed by atoms with Gasteiger partial charge in [-0.1, -0.05) is 6.07 Å². The summed E-state index contributed by atoms with van der Waals surface area (Å²) in [4.78, 5) is 0.149. The van der Waals surface area contributed by atoms with Gasteiger partial charge in [0.25, 0.3) is 0 Å². The lowest BCUT2D eigenvalue weighted by Gasteiger charge is -2.14. The lowest BCUT2D eigenvalue weighted by Crippen LogP contribution is -2.34. The van der Waals surface area contributed by atoms with Crippen molar-refractivity contribution in [2.24, 2.45) is 0 Å². The van der Waals surface area contributed by atoms with E-state index in [1.807, 2.05) is 0 Å². The maximum absolute atomic E-state index is 12.4. The maximum Gasteiger partial charge on any atom is 0.241 e. The highest BCUT2D eigenvalue weighted by Crippen LogP contribution is 2.16. The van der Waals surface area contributed by atoms with Crippen LogP contribution in [0.2, 0.25) is 0 Å². The number of hydrogen-bond donors (Lipinski definition) is 3. The third kappa shape index (κ3) is 5.28. The van der Waals surface area contributed by atoms with Crippen molar-refractivity contribution in [2.45, 2.75) is 30.4 Å². The molecule has 0 saturated carbocycles. The van der Waals surface area contributed by atoms with Crippen molar-refractivity contribution in [3.63, 3.8) is 0 Å². The normalized spacial score (nSPS) is 17.2. The molecule has 140 valence electrons. The van der Waals surface area contributed by atoms with Gasteiger partial charge in [-0.05, 0) is 55.4 Å². The van der Waals surface area contributed by atoms with Crippen molar-refractivity contribution in [1.29, 1.82) is 0 Å². The Labute approximate surface area is 158 Å². The molecule has 0 spiro atoms. The van der Waals surface area contributed by atoms with E-state index in [1.54, 1.807) is 24.3 Å². The standard InChI is InChI=1S/C17H21N3O4S2/c21-26(22,19-12-15-6-3-9-24-15)16-7-1-4-13(10-16)20-17(25)18-11-14-5-2-8-23-14/h1,3-4,6-7,9-10,14,19H,2,5,8,11-12H2,(H2,18,20,25)/t14-/m1/s1. The highest BCUT2D eigenvalue weighted by Gasteiger charge is 2.17. The van der Waals surface area contributed by atoms with Gasteiger partial charge in [0.15, 0.2) is 5.11 Å². The molecule has 0 bridgehead atoms. The molecule has 1 fully saturated rings. The third-order valence-electron chi connectivity index (χ3n) is 3.93. The molecule has 0 aliphatic carbocycles. The maximum atomic E-state index is 12.4. The van der Waals surface area contributed by atoms with Crippen LogP contribution in [0.15, 0.2) is 52.0 Å². The fourth-order valence-electron chi connectivity index (χ4n) is 2.59. The molecule has 9 heteroatoms. The van der Waals surface area contributed by atoms with Crippen LogP contribution in [0.3, 0.4) is 0 Å². The summed E-state index contributed by atoms with van der Waals surface area (Å²) in [7, 11) is -3.65. The SMILES string of the molecule is O=S(=O)(NCc1ccco1)c1cccc(NC(=S)NC[C@H]2CCCO2)c1. The van der Waals surface area contributed by atoms with Crippen LogP contribution >= 0.6 is 12.2 Å². The van der Waals surface area contributed by atoms with Gasteiger partial charge in [0.2, 0.25) is 10.0 Å². The van der Waals surface area contributed by atoms with Crippen molar-refractivity contribution in [1.82, 2.24) is 10.0 Å². The molecular formula is C17H21N3O4S2. The van der Waals surface area contributed by atoms with E-state index < -0.39 is 10.0 Å². The largest absolute Gasteiger partial charge is 0.468 e. The fraction of sp³-hybridized carbons (Fsp3) is 0.353. The van der Waals surface area contributed by atoms with E-state index in [0.717, 1.165) is 19.4 Å². The van der Waals surface area contributed by atoms with Gasteiger partial charge in [0.1, 0.15) is 5.76 Å². The summed E-state index contributed by atoms with van der Waals surface area (Å²) in [6.45, 7) is 1.51. The molecule has 3 N–H and O–H groups in total. The number of benzene rings is 1. The lowest BCUT2D eigenvalue weighted by atomic mass is 10.2. The molecule has 1 aromatic heterocycles. The molecule has 3 rings (SSSR count). The van der Waals surface area contributed by atoms with E-state index in [2.05, 4.69) is 15.4 Å². The van der Waals surface area contributed by atoms with Crippen LogP contribution in [0.4, 0.5) is 5.69 Å². The van der Waals surface area contributed by atoms with Gasteiger partial charge in [0, 0.05) is 18.8 Å². The van der Waals surface area contributed by atoms with Gasteiger partial charge >= 0.3 is 0 Å². The Morgan fingerprint density at radius 3 is 2.88 bits per heavy atom. The summed E-state index contributed by atoms with van der Waals surface area (Å²) in [6.07, 6.45) is 3.76. The molecule has 2 aromatic rings. The zero-order valence-corrected chi connectivity index (χ0v) is 15.7. The van der Waals surface area contributed by atoms with Crippen LogP contribution < -0.4 is 15.4 Å². The summed E-state index contributed by atoms with van der Waals surface area (Å²) in [5.74, 6) is 0.544. The molecular weight excluding hydrogens is 374 g/mol. The molecule has 0 radical (unpaired) electrons. The second kappa shape index (κ2) is 8.63.